The third-order valence-corrected chi connectivity index (χ3v) is 4.69. The third kappa shape index (κ3) is 1.98. The summed E-state index contributed by atoms with van der Waals surface area (Å²) in [6, 6.07) is 0. The van der Waals surface area contributed by atoms with E-state index >= 15 is 0 Å². The number of carbonyl (C=O) groups excluding carboxylic acids is 1. The first-order valence-electron chi connectivity index (χ1n) is 6.56. The van der Waals surface area contributed by atoms with E-state index in [0.717, 1.165) is 12.2 Å². The summed E-state index contributed by atoms with van der Waals surface area (Å²) in [6.07, 6.45) is 4.52. The van der Waals surface area contributed by atoms with Gasteiger partial charge in [0.15, 0.2) is 4.77 Å². The highest BCUT2D eigenvalue weighted by atomic mass is 32.1. The molecule has 0 saturated heterocycles. The average molecular weight is 266 g/mol. The molecule has 2 N–H and O–H groups in total. The average Bonchev–Trinajstić information content (AvgIpc) is 2.68. The summed E-state index contributed by atoms with van der Waals surface area (Å²) >= 11 is 5.04. The Kier molecular flexibility index (Phi) is 2.97. The molecule has 1 aromatic rings. The Morgan fingerprint density at radius 1 is 1.56 bits per heavy atom. The van der Waals surface area contributed by atoms with Gasteiger partial charge in [-0.05, 0) is 36.9 Å². The summed E-state index contributed by atoms with van der Waals surface area (Å²) in [5, 5.41) is 9.89. The summed E-state index contributed by atoms with van der Waals surface area (Å²) in [5.74, 6) is 2.80. The fourth-order valence-electron chi connectivity index (χ4n) is 3.23. The minimum absolute atomic E-state index is 0.237. The van der Waals surface area contributed by atoms with Gasteiger partial charge in [0, 0.05) is 25.9 Å². The van der Waals surface area contributed by atoms with Crippen LogP contribution in [0.25, 0.3) is 0 Å². The molecule has 18 heavy (non-hydrogen) atoms. The first-order valence-corrected chi connectivity index (χ1v) is 6.97. The van der Waals surface area contributed by atoms with E-state index < -0.39 is 0 Å². The second-order valence-electron chi connectivity index (χ2n) is 5.33. The van der Waals surface area contributed by atoms with Crippen LogP contribution in [0.5, 0.6) is 0 Å². The van der Waals surface area contributed by atoms with E-state index in [9.17, 15) is 4.79 Å². The molecule has 2 aliphatic carbocycles. The van der Waals surface area contributed by atoms with E-state index in [1.807, 2.05) is 11.6 Å². The highest BCUT2D eigenvalue weighted by Crippen LogP contribution is 2.57. The van der Waals surface area contributed by atoms with Crippen LogP contribution in [0.15, 0.2) is 0 Å². The van der Waals surface area contributed by atoms with Crippen molar-refractivity contribution in [1.29, 1.82) is 0 Å². The van der Waals surface area contributed by atoms with Crippen LogP contribution in [0, 0.1) is 22.5 Å². The van der Waals surface area contributed by atoms with Crippen molar-refractivity contribution in [2.45, 2.75) is 25.7 Å². The van der Waals surface area contributed by atoms with Gasteiger partial charge in [-0.15, -0.1) is 0 Å². The Bertz CT molecular complexity index is 510. The van der Waals surface area contributed by atoms with Gasteiger partial charge in [0.05, 0.1) is 0 Å². The lowest BCUT2D eigenvalue weighted by Gasteiger charge is -2.06. The zero-order valence-corrected chi connectivity index (χ0v) is 11.3. The molecule has 5 nitrogen and oxygen atoms in total. The monoisotopic (exact) mass is 266 g/mol. The van der Waals surface area contributed by atoms with Gasteiger partial charge < -0.3 is 9.88 Å². The molecule has 1 aromatic heterocycles. The van der Waals surface area contributed by atoms with Gasteiger partial charge in [-0.25, -0.2) is 0 Å². The smallest absolute Gasteiger partial charge is 0.223 e. The van der Waals surface area contributed by atoms with Crippen LogP contribution >= 0.6 is 12.2 Å². The lowest BCUT2D eigenvalue weighted by molar-refractivity contribution is -0.123. The van der Waals surface area contributed by atoms with Crippen molar-refractivity contribution in [3.8, 4) is 0 Å². The molecule has 0 bridgehead atoms. The third-order valence-electron chi connectivity index (χ3n) is 4.33. The first-order chi connectivity index (χ1) is 8.68. The van der Waals surface area contributed by atoms with Gasteiger partial charge >= 0.3 is 0 Å². The van der Waals surface area contributed by atoms with Crippen molar-refractivity contribution < 1.29 is 4.79 Å². The number of fused-ring (bicyclic) bond motifs is 1. The highest BCUT2D eigenvalue weighted by Gasteiger charge is 2.56. The Hall–Kier alpha value is -1.17. The minimum atomic E-state index is 0.237. The van der Waals surface area contributed by atoms with Crippen LogP contribution in [-0.4, -0.2) is 27.2 Å². The topological polar surface area (TPSA) is 62.7 Å². The highest BCUT2D eigenvalue weighted by molar-refractivity contribution is 7.71. The number of carbonyl (C=O) groups is 1. The van der Waals surface area contributed by atoms with Crippen molar-refractivity contribution >= 4 is 18.1 Å². The molecule has 2 atom stereocenters. The second kappa shape index (κ2) is 4.50. The Labute approximate surface area is 111 Å². The Morgan fingerprint density at radius 2 is 2.28 bits per heavy atom. The largest absolute Gasteiger partial charge is 0.355 e. The van der Waals surface area contributed by atoms with Crippen LogP contribution in [0.4, 0.5) is 0 Å². The van der Waals surface area contributed by atoms with Crippen molar-refractivity contribution in [3.63, 3.8) is 0 Å². The van der Waals surface area contributed by atoms with Gasteiger partial charge in [-0.2, -0.15) is 5.10 Å². The number of rotatable bonds is 4. The molecule has 0 aliphatic heterocycles. The predicted octanol–water partition coefficient (Wildman–Crippen LogP) is 1.18. The number of aromatic nitrogens is 3. The molecule has 1 amide bonds. The van der Waals surface area contributed by atoms with Gasteiger partial charge in [0.25, 0.3) is 0 Å². The maximum atomic E-state index is 11.9. The van der Waals surface area contributed by atoms with Gasteiger partial charge in [-0.1, -0.05) is 6.42 Å². The van der Waals surface area contributed by atoms with E-state index in [1.54, 1.807) is 0 Å². The number of nitrogens with one attached hydrogen (secondary N) is 2. The van der Waals surface area contributed by atoms with Crippen LogP contribution in [0.3, 0.4) is 0 Å². The summed E-state index contributed by atoms with van der Waals surface area (Å²) < 4.78 is 2.46. The summed E-state index contributed by atoms with van der Waals surface area (Å²) in [7, 11) is 1.88. The maximum Gasteiger partial charge on any atom is 0.223 e. The maximum absolute atomic E-state index is 11.9. The van der Waals surface area contributed by atoms with Crippen LogP contribution in [0.2, 0.25) is 0 Å². The fourth-order valence-corrected chi connectivity index (χ4v) is 3.38. The van der Waals surface area contributed by atoms with Crippen LogP contribution in [-0.2, 0) is 18.3 Å². The molecule has 6 heteroatoms. The van der Waals surface area contributed by atoms with Crippen LogP contribution < -0.4 is 5.32 Å². The lowest BCUT2D eigenvalue weighted by Crippen LogP contribution is -2.29. The molecule has 0 radical (unpaired) electrons. The molecular weight excluding hydrogens is 248 g/mol. The number of amides is 1. The number of nitrogens with zero attached hydrogens (tertiary/aromatic N) is 2. The standard InChI is InChI=1S/C12H18N4OS/c1-16-9(14-15-12(16)18)5-6-13-11(17)10-7-3-2-4-8(7)10/h7-8,10H,2-6H2,1H3,(H,13,17)(H,15,18)/t7-,8-/m1/s1. The molecule has 0 unspecified atom stereocenters. The lowest BCUT2D eigenvalue weighted by atomic mass is 10.1. The number of aromatic amines is 1. The first kappa shape index (κ1) is 11.9. The fraction of sp³-hybridized carbons (Fsp3) is 0.750. The zero-order chi connectivity index (χ0) is 12.7. The molecule has 2 fully saturated rings. The van der Waals surface area contributed by atoms with Crippen LogP contribution in [0.1, 0.15) is 25.1 Å². The van der Waals surface area contributed by atoms with E-state index in [0.29, 0.717) is 29.1 Å². The van der Waals surface area contributed by atoms with Crippen molar-refractivity contribution in [3.05, 3.63) is 10.6 Å². The number of hydrogen-bond donors (Lipinski definition) is 2. The van der Waals surface area contributed by atoms with Crippen molar-refractivity contribution in [2.24, 2.45) is 24.8 Å². The molecule has 2 aliphatic rings. The quantitative estimate of drug-likeness (QED) is 0.805. The predicted molar refractivity (Wildman–Crippen MR) is 69.4 cm³/mol. The summed E-state index contributed by atoms with van der Waals surface area (Å²) in [5.41, 5.74) is 0. The SMILES string of the molecule is Cn1c(CCNC(=O)C2[C@@H]3CCC[C@@H]23)n[nH]c1=S. The van der Waals surface area contributed by atoms with E-state index in [4.69, 9.17) is 12.2 Å². The van der Waals surface area contributed by atoms with E-state index in [1.165, 1.54) is 19.3 Å². The normalized spacial score (nSPS) is 29.1. The molecular formula is C12H18N4OS. The van der Waals surface area contributed by atoms with Gasteiger partial charge in [0.1, 0.15) is 5.82 Å². The second-order valence-corrected chi connectivity index (χ2v) is 5.72. The van der Waals surface area contributed by atoms with Crippen molar-refractivity contribution in [2.75, 3.05) is 6.54 Å². The van der Waals surface area contributed by atoms with Gasteiger partial charge in [0.2, 0.25) is 5.91 Å². The van der Waals surface area contributed by atoms with Crippen molar-refractivity contribution in [1.82, 2.24) is 20.1 Å². The van der Waals surface area contributed by atoms with E-state index in [2.05, 4.69) is 15.5 Å². The zero-order valence-electron chi connectivity index (χ0n) is 10.5. The number of hydrogen-bond acceptors (Lipinski definition) is 3. The summed E-state index contributed by atoms with van der Waals surface area (Å²) in [4.78, 5) is 11.9. The van der Waals surface area contributed by atoms with E-state index in [-0.39, 0.29) is 5.91 Å². The van der Waals surface area contributed by atoms with Gasteiger partial charge in [-0.3, -0.25) is 9.89 Å². The Balaban J connectivity index is 1.46. The Morgan fingerprint density at radius 3 is 2.89 bits per heavy atom. The molecule has 1 heterocycles. The molecule has 0 aromatic carbocycles. The summed E-state index contributed by atoms with van der Waals surface area (Å²) in [6.45, 7) is 0.641. The number of H-pyrrole nitrogens is 1. The minimum Gasteiger partial charge on any atom is -0.355 e. The molecule has 2 saturated carbocycles. The molecule has 0 spiro atoms. The molecule has 3 rings (SSSR count). The molecule has 98 valence electrons.